The minimum Gasteiger partial charge on any atom is -0.462 e. The fourth-order valence-corrected chi connectivity index (χ4v) is 8.72. The topological polar surface area (TPSA) is 78.9 Å². The van der Waals surface area contributed by atoms with Crippen molar-refractivity contribution in [2.75, 3.05) is 13.2 Å². The molecule has 406 valence electrons. The van der Waals surface area contributed by atoms with Gasteiger partial charge in [-0.25, -0.2) is 0 Å². The summed E-state index contributed by atoms with van der Waals surface area (Å²) in [6.07, 6.45) is 73.5. The number of hydrogen-bond donors (Lipinski definition) is 0. The van der Waals surface area contributed by atoms with E-state index in [-0.39, 0.29) is 31.1 Å². The van der Waals surface area contributed by atoms with Crippen LogP contribution in [0.15, 0.2) is 60.8 Å². The van der Waals surface area contributed by atoms with Gasteiger partial charge in [0.05, 0.1) is 0 Å². The number of esters is 3. The highest BCUT2D eigenvalue weighted by molar-refractivity contribution is 5.71. The van der Waals surface area contributed by atoms with Crippen molar-refractivity contribution in [3.8, 4) is 0 Å². The largest absolute Gasteiger partial charge is 0.462 e. The van der Waals surface area contributed by atoms with Crippen LogP contribution in [-0.2, 0) is 28.6 Å². The highest BCUT2D eigenvalue weighted by Crippen LogP contribution is 2.16. The van der Waals surface area contributed by atoms with E-state index in [1.807, 2.05) is 0 Å². The molecule has 0 aliphatic heterocycles. The number of carbonyl (C=O) groups excluding carboxylic acids is 3. The molecule has 0 aromatic carbocycles. The minimum atomic E-state index is -0.780. The van der Waals surface area contributed by atoms with E-state index in [1.54, 1.807) is 0 Å². The summed E-state index contributed by atoms with van der Waals surface area (Å²) in [6.45, 7) is 6.54. The Morgan fingerprint density at radius 1 is 0.300 bits per heavy atom. The van der Waals surface area contributed by atoms with Gasteiger partial charge in [0.1, 0.15) is 13.2 Å². The molecule has 0 aromatic rings. The molecule has 0 amide bonds. The Kier molecular flexibility index (Phi) is 56.3. The Morgan fingerprint density at radius 2 is 0.557 bits per heavy atom. The number of ether oxygens (including phenoxy) is 3. The fraction of sp³-hybridized carbons (Fsp3) is 0.797. The van der Waals surface area contributed by atoms with Crippen molar-refractivity contribution in [3.63, 3.8) is 0 Å². The number of allylic oxidation sites excluding steroid dienone is 10. The van der Waals surface area contributed by atoms with Crippen molar-refractivity contribution in [2.24, 2.45) is 0 Å². The Balaban J connectivity index is 4.35. The molecule has 0 saturated carbocycles. The van der Waals surface area contributed by atoms with Crippen LogP contribution >= 0.6 is 0 Å². The first-order valence-corrected chi connectivity index (χ1v) is 30.3. The molecule has 0 N–H and O–H groups in total. The molecule has 6 heteroatoms. The van der Waals surface area contributed by atoms with Crippen molar-refractivity contribution in [1.29, 1.82) is 0 Å². The molecule has 0 saturated heterocycles. The normalized spacial score (nSPS) is 12.4. The summed E-state index contributed by atoms with van der Waals surface area (Å²) in [6, 6.07) is 0. The monoisotopic (exact) mass is 979 g/mol. The summed E-state index contributed by atoms with van der Waals surface area (Å²) < 4.78 is 16.9. The zero-order valence-electron chi connectivity index (χ0n) is 46.5. The van der Waals surface area contributed by atoms with Crippen molar-refractivity contribution in [1.82, 2.24) is 0 Å². The van der Waals surface area contributed by atoms with E-state index >= 15 is 0 Å². The first-order chi connectivity index (χ1) is 34.5. The lowest BCUT2D eigenvalue weighted by Gasteiger charge is -2.18. The van der Waals surface area contributed by atoms with Crippen molar-refractivity contribution >= 4 is 17.9 Å². The standard InChI is InChI=1S/C64H114O6/c1-4-7-10-13-16-19-22-25-28-30-31-32-33-35-36-39-42-45-48-51-54-57-63(66)69-60-61(59-68-62(65)56-53-50-47-44-41-38-27-24-21-18-15-12-9-6-3)70-64(67)58-55-52-49-46-43-40-37-34-29-26-23-20-17-14-11-8-5-2/h8,11,17,20,22,25-26,29-31,61H,4-7,9-10,12-16,18-19,21,23-24,27-28,32-60H2,1-3H3/b11-8-,20-17-,25-22-,29-26-,31-30-. The smallest absolute Gasteiger partial charge is 0.306 e. The molecule has 1 atom stereocenters. The molecule has 70 heavy (non-hydrogen) atoms. The predicted molar refractivity (Wildman–Crippen MR) is 302 cm³/mol. The molecule has 6 nitrogen and oxygen atoms in total. The molecule has 0 bridgehead atoms. The zero-order chi connectivity index (χ0) is 50.7. The Morgan fingerprint density at radius 3 is 0.871 bits per heavy atom. The highest BCUT2D eigenvalue weighted by Gasteiger charge is 2.19. The first-order valence-electron chi connectivity index (χ1n) is 30.3. The Hall–Kier alpha value is -2.89. The lowest BCUT2D eigenvalue weighted by atomic mass is 10.0. The van der Waals surface area contributed by atoms with Gasteiger partial charge in [0, 0.05) is 19.3 Å². The van der Waals surface area contributed by atoms with E-state index in [0.29, 0.717) is 19.3 Å². The summed E-state index contributed by atoms with van der Waals surface area (Å²) >= 11 is 0. The number of carbonyl (C=O) groups is 3. The van der Waals surface area contributed by atoms with Gasteiger partial charge in [0.25, 0.3) is 0 Å². The van der Waals surface area contributed by atoms with Gasteiger partial charge in [0.15, 0.2) is 6.10 Å². The maximum absolute atomic E-state index is 12.9. The van der Waals surface area contributed by atoms with Crippen LogP contribution in [0, 0.1) is 0 Å². The lowest BCUT2D eigenvalue weighted by molar-refractivity contribution is -0.167. The van der Waals surface area contributed by atoms with Gasteiger partial charge >= 0.3 is 17.9 Å². The molecule has 0 radical (unpaired) electrons. The number of rotatable bonds is 55. The van der Waals surface area contributed by atoms with Gasteiger partial charge in [0.2, 0.25) is 0 Å². The van der Waals surface area contributed by atoms with Crippen molar-refractivity contribution in [2.45, 2.75) is 316 Å². The number of hydrogen-bond acceptors (Lipinski definition) is 6. The van der Waals surface area contributed by atoms with Crippen LogP contribution < -0.4 is 0 Å². The first kappa shape index (κ1) is 67.1. The van der Waals surface area contributed by atoms with Gasteiger partial charge in [-0.3, -0.25) is 14.4 Å². The van der Waals surface area contributed by atoms with Crippen LogP contribution in [0.4, 0.5) is 0 Å². The third-order valence-corrected chi connectivity index (χ3v) is 13.3. The fourth-order valence-electron chi connectivity index (χ4n) is 8.72. The van der Waals surface area contributed by atoms with Gasteiger partial charge in [-0.05, 0) is 83.5 Å². The molecule has 0 heterocycles. The third kappa shape index (κ3) is 56.0. The van der Waals surface area contributed by atoms with Crippen LogP contribution in [0.25, 0.3) is 0 Å². The van der Waals surface area contributed by atoms with Gasteiger partial charge in [-0.15, -0.1) is 0 Å². The minimum absolute atomic E-state index is 0.0767. The molecular weight excluding hydrogens is 865 g/mol. The Bertz CT molecular complexity index is 1260. The van der Waals surface area contributed by atoms with E-state index in [4.69, 9.17) is 14.2 Å². The summed E-state index contributed by atoms with van der Waals surface area (Å²) in [5.41, 5.74) is 0. The second-order valence-corrected chi connectivity index (χ2v) is 20.2. The molecule has 0 rings (SSSR count). The molecular formula is C64H114O6. The average molecular weight is 980 g/mol. The molecule has 0 aliphatic rings. The molecule has 0 fully saturated rings. The summed E-state index contributed by atoms with van der Waals surface area (Å²) in [7, 11) is 0. The number of unbranched alkanes of at least 4 members (excludes halogenated alkanes) is 34. The predicted octanol–water partition coefficient (Wildman–Crippen LogP) is 20.4. The maximum Gasteiger partial charge on any atom is 0.306 e. The SMILES string of the molecule is CC/C=C\C/C=C\C/C=C\CCCCCCCCCC(=O)OC(COC(=O)CCCCCCCCCCC/C=C\C/C=C\CCCCCCC)COC(=O)CCCCCCCCCCCCCCCC. The van der Waals surface area contributed by atoms with Gasteiger partial charge in [-0.1, -0.05) is 268 Å². The maximum atomic E-state index is 12.9. The summed E-state index contributed by atoms with van der Waals surface area (Å²) in [4.78, 5) is 38.2. The lowest BCUT2D eigenvalue weighted by Crippen LogP contribution is -2.30. The van der Waals surface area contributed by atoms with E-state index in [1.165, 1.54) is 180 Å². The van der Waals surface area contributed by atoms with Crippen LogP contribution in [0.1, 0.15) is 310 Å². The summed E-state index contributed by atoms with van der Waals surface area (Å²) in [5, 5.41) is 0. The van der Waals surface area contributed by atoms with Crippen molar-refractivity contribution < 1.29 is 28.6 Å². The van der Waals surface area contributed by atoms with Crippen LogP contribution in [0.5, 0.6) is 0 Å². The van der Waals surface area contributed by atoms with E-state index in [2.05, 4.69) is 81.5 Å². The molecule has 0 aromatic heterocycles. The van der Waals surface area contributed by atoms with Gasteiger partial charge < -0.3 is 14.2 Å². The van der Waals surface area contributed by atoms with E-state index in [0.717, 1.165) is 89.9 Å². The molecule has 0 spiro atoms. The molecule has 1 unspecified atom stereocenters. The van der Waals surface area contributed by atoms with Crippen molar-refractivity contribution in [3.05, 3.63) is 60.8 Å². The Labute approximate surface area is 434 Å². The zero-order valence-corrected chi connectivity index (χ0v) is 46.5. The van der Waals surface area contributed by atoms with Crippen LogP contribution in [-0.4, -0.2) is 37.2 Å². The third-order valence-electron chi connectivity index (χ3n) is 13.3. The average Bonchev–Trinajstić information content (AvgIpc) is 3.36. The second-order valence-electron chi connectivity index (χ2n) is 20.2. The van der Waals surface area contributed by atoms with Gasteiger partial charge in [-0.2, -0.15) is 0 Å². The second kappa shape index (κ2) is 58.7. The molecule has 0 aliphatic carbocycles. The highest BCUT2D eigenvalue weighted by atomic mass is 16.6. The van der Waals surface area contributed by atoms with E-state index in [9.17, 15) is 14.4 Å². The quantitative estimate of drug-likeness (QED) is 0.0261. The summed E-state index contributed by atoms with van der Waals surface area (Å²) in [5.74, 6) is -0.876. The van der Waals surface area contributed by atoms with Crippen LogP contribution in [0.2, 0.25) is 0 Å². The van der Waals surface area contributed by atoms with Crippen LogP contribution in [0.3, 0.4) is 0 Å². The van der Waals surface area contributed by atoms with E-state index < -0.39 is 6.10 Å².